The fourth-order valence-electron chi connectivity index (χ4n) is 5.65. The minimum Gasteiger partial charge on any atom is -0.355 e. The first-order chi connectivity index (χ1) is 18.9. The van der Waals surface area contributed by atoms with Crippen molar-refractivity contribution in [3.8, 4) is 22.3 Å². The zero-order valence-corrected chi connectivity index (χ0v) is 22.4. The smallest absolute Gasteiger partial charge is 0.0736 e. The standard InChI is InChI=1S/C35H30N4/c1-22-9-11-24(12-10-22)33-28-16-13-25(36-28)19-26-14-17-30(37-26)34(23-7-5-4-6-8-23)31-21-35(2,3)32(39-31)20-27-15-18-29(33)38-27/h4-20,37-38H,21H2,1-3H3. The molecule has 7 rings (SSSR count). The van der Waals surface area contributed by atoms with Gasteiger partial charge in [-0.05, 0) is 66.6 Å². The van der Waals surface area contributed by atoms with E-state index in [0.717, 1.165) is 73.5 Å². The minimum absolute atomic E-state index is 0.0958. The monoisotopic (exact) mass is 506 g/mol. The van der Waals surface area contributed by atoms with Gasteiger partial charge in [-0.3, -0.25) is 4.98 Å². The van der Waals surface area contributed by atoms with E-state index in [-0.39, 0.29) is 5.41 Å². The molecule has 3 aromatic heterocycles. The summed E-state index contributed by atoms with van der Waals surface area (Å²) >= 11 is 0. The fraction of sp³-hybridized carbons (Fsp3) is 0.143. The number of benzene rings is 2. The zero-order chi connectivity index (χ0) is 26.6. The molecule has 5 heterocycles. The van der Waals surface area contributed by atoms with Gasteiger partial charge in [-0.25, -0.2) is 4.98 Å². The van der Waals surface area contributed by atoms with E-state index in [4.69, 9.17) is 9.97 Å². The van der Waals surface area contributed by atoms with Gasteiger partial charge >= 0.3 is 0 Å². The van der Waals surface area contributed by atoms with E-state index in [1.807, 2.05) is 0 Å². The highest BCUT2D eigenvalue weighted by molar-refractivity contribution is 5.91. The van der Waals surface area contributed by atoms with Gasteiger partial charge in [-0.15, -0.1) is 0 Å². The van der Waals surface area contributed by atoms with Gasteiger partial charge in [0, 0.05) is 50.7 Å². The van der Waals surface area contributed by atoms with Crippen LogP contribution >= 0.6 is 0 Å². The first kappa shape index (κ1) is 23.4. The molecule has 190 valence electrons. The Morgan fingerprint density at radius 1 is 0.667 bits per heavy atom. The number of nitrogens with one attached hydrogen (secondary N) is 2. The molecule has 0 saturated heterocycles. The second kappa shape index (κ2) is 8.95. The van der Waals surface area contributed by atoms with Crippen molar-refractivity contribution in [3.05, 3.63) is 119 Å². The molecule has 2 aliphatic rings. The van der Waals surface area contributed by atoms with Crippen LogP contribution in [0.25, 0.3) is 56.5 Å². The topological polar surface area (TPSA) is 57.4 Å². The molecule has 2 aliphatic heterocycles. The molecule has 0 spiro atoms. The van der Waals surface area contributed by atoms with E-state index >= 15 is 0 Å². The molecule has 5 aromatic rings. The van der Waals surface area contributed by atoms with Crippen LogP contribution in [0.3, 0.4) is 0 Å². The summed E-state index contributed by atoms with van der Waals surface area (Å²) in [4.78, 5) is 17.6. The van der Waals surface area contributed by atoms with Crippen molar-refractivity contribution >= 4 is 34.2 Å². The van der Waals surface area contributed by atoms with Crippen LogP contribution in [0.15, 0.2) is 91.0 Å². The molecule has 0 fully saturated rings. The number of H-pyrrole nitrogens is 2. The van der Waals surface area contributed by atoms with Crippen LogP contribution in [0.5, 0.6) is 0 Å². The molecule has 0 aliphatic carbocycles. The van der Waals surface area contributed by atoms with Crippen molar-refractivity contribution in [1.82, 2.24) is 19.9 Å². The molecule has 0 atom stereocenters. The lowest BCUT2D eigenvalue weighted by Crippen LogP contribution is -2.15. The first-order valence-electron chi connectivity index (χ1n) is 13.5. The van der Waals surface area contributed by atoms with E-state index in [2.05, 4.69) is 134 Å². The number of hydrogen-bond donors (Lipinski definition) is 2. The molecule has 0 amide bonds. The Balaban J connectivity index is 1.59. The van der Waals surface area contributed by atoms with Crippen molar-refractivity contribution in [1.29, 1.82) is 0 Å². The summed E-state index contributed by atoms with van der Waals surface area (Å²) in [6.45, 7) is 6.68. The molecule has 2 aromatic carbocycles. The van der Waals surface area contributed by atoms with Gasteiger partial charge in [0.05, 0.1) is 17.1 Å². The summed E-state index contributed by atoms with van der Waals surface area (Å²) in [6, 6.07) is 32.1. The Morgan fingerprint density at radius 2 is 1.33 bits per heavy atom. The number of nitrogens with zero attached hydrogens (tertiary/aromatic N) is 2. The lowest BCUT2D eigenvalue weighted by Gasteiger charge is -2.16. The van der Waals surface area contributed by atoms with Crippen LogP contribution in [0.2, 0.25) is 0 Å². The van der Waals surface area contributed by atoms with Gasteiger partial charge in [-0.2, -0.15) is 0 Å². The predicted octanol–water partition coefficient (Wildman–Crippen LogP) is 8.65. The quantitative estimate of drug-likeness (QED) is 0.247. The molecule has 2 N–H and O–H groups in total. The van der Waals surface area contributed by atoms with Gasteiger partial charge < -0.3 is 9.97 Å². The lowest BCUT2D eigenvalue weighted by atomic mass is 9.85. The SMILES string of the molecule is Cc1ccc(-c2c3nc(cc4ccc([nH]4)c(-c4ccccc4)c4nc(cc5ccc2[nH]5)C(C)(C)C4)C=C3)cc1. The van der Waals surface area contributed by atoms with Gasteiger partial charge in [0.1, 0.15) is 0 Å². The molecule has 0 radical (unpaired) electrons. The average Bonchev–Trinajstić information content (AvgIpc) is 3.72. The largest absolute Gasteiger partial charge is 0.355 e. The van der Waals surface area contributed by atoms with Crippen LogP contribution in [-0.2, 0) is 11.8 Å². The van der Waals surface area contributed by atoms with Gasteiger partial charge in [0.2, 0.25) is 0 Å². The summed E-state index contributed by atoms with van der Waals surface area (Å²) in [5, 5.41) is 0. The van der Waals surface area contributed by atoms with Crippen molar-refractivity contribution in [2.24, 2.45) is 0 Å². The van der Waals surface area contributed by atoms with Crippen molar-refractivity contribution in [2.75, 3.05) is 0 Å². The van der Waals surface area contributed by atoms with Gasteiger partial charge in [0.15, 0.2) is 0 Å². The number of hydrogen-bond acceptors (Lipinski definition) is 2. The Kier molecular flexibility index (Phi) is 5.38. The Bertz CT molecular complexity index is 1900. The highest BCUT2D eigenvalue weighted by Crippen LogP contribution is 2.37. The number of aromatic nitrogens is 4. The number of fused-ring (bicyclic) bond motifs is 8. The first-order valence-corrected chi connectivity index (χ1v) is 13.5. The summed E-state index contributed by atoms with van der Waals surface area (Å²) in [5.74, 6) is 0. The maximum absolute atomic E-state index is 5.27. The number of aryl methyl sites for hydroxylation is 1. The second-order valence-electron chi connectivity index (χ2n) is 11.2. The highest BCUT2D eigenvalue weighted by Gasteiger charge is 2.30. The summed E-state index contributed by atoms with van der Waals surface area (Å²) in [6.07, 6.45) is 5.06. The molecular weight excluding hydrogens is 476 g/mol. The van der Waals surface area contributed by atoms with E-state index in [0.29, 0.717) is 0 Å². The third-order valence-electron chi connectivity index (χ3n) is 7.72. The third-order valence-corrected chi connectivity index (χ3v) is 7.72. The van der Waals surface area contributed by atoms with Crippen LogP contribution in [0, 0.1) is 6.92 Å². The van der Waals surface area contributed by atoms with Crippen molar-refractivity contribution in [3.63, 3.8) is 0 Å². The predicted molar refractivity (Wildman–Crippen MR) is 162 cm³/mol. The molecular formula is C35H30N4. The van der Waals surface area contributed by atoms with Crippen LogP contribution in [0.4, 0.5) is 0 Å². The highest BCUT2D eigenvalue weighted by atomic mass is 14.8. The van der Waals surface area contributed by atoms with E-state index < -0.39 is 0 Å². The van der Waals surface area contributed by atoms with E-state index in [1.54, 1.807) is 0 Å². The molecule has 8 bridgehead atoms. The van der Waals surface area contributed by atoms with Crippen molar-refractivity contribution in [2.45, 2.75) is 32.6 Å². The average molecular weight is 507 g/mol. The van der Waals surface area contributed by atoms with Crippen LogP contribution < -0.4 is 0 Å². The summed E-state index contributed by atoms with van der Waals surface area (Å²) in [7, 11) is 0. The Labute approximate surface area is 228 Å². The molecule has 0 unspecified atom stereocenters. The lowest BCUT2D eigenvalue weighted by molar-refractivity contribution is 0.544. The molecule has 39 heavy (non-hydrogen) atoms. The second-order valence-corrected chi connectivity index (χ2v) is 11.2. The van der Waals surface area contributed by atoms with Crippen LogP contribution in [0.1, 0.15) is 42.2 Å². The summed E-state index contributed by atoms with van der Waals surface area (Å²) in [5.41, 5.74) is 13.9. The van der Waals surface area contributed by atoms with Crippen LogP contribution in [-0.4, -0.2) is 19.9 Å². The minimum atomic E-state index is -0.0958. The zero-order valence-electron chi connectivity index (χ0n) is 22.4. The molecule has 0 saturated carbocycles. The third kappa shape index (κ3) is 4.28. The van der Waals surface area contributed by atoms with E-state index in [9.17, 15) is 0 Å². The molecule has 4 heteroatoms. The Hall–Kier alpha value is -4.70. The Morgan fingerprint density at radius 3 is 2.08 bits per heavy atom. The fourth-order valence-corrected chi connectivity index (χ4v) is 5.65. The van der Waals surface area contributed by atoms with Gasteiger partial charge in [0.25, 0.3) is 0 Å². The molecule has 4 nitrogen and oxygen atoms in total. The van der Waals surface area contributed by atoms with Gasteiger partial charge in [-0.1, -0.05) is 74.0 Å². The van der Waals surface area contributed by atoms with E-state index in [1.165, 1.54) is 5.56 Å². The van der Waals surface area contributed by atoms with Crippen molar-refractivity contribution < 1.29 is 0 Å². The number of aromatic amines is 2. The summed E-state index contributed by atoms with van der Waals surface area (Å²) < 4.78 is 0. The normalized spacial score (nSPS) is 14.0. The maximum atomic E-state index is 5.27. The maximum Gasteiger partial charge on any atom is 0.0736 e. The number of rotatable bonds is 2.